The number of nitrogens with one attached hydrogen (secondary N) is 2. The normalized spacial score (nSPS) is 37.8. The van der Waals surface area contributed by atoms with Crippen LogP contribution in [0.1, 0.15) is 161 Å². The number of aryl methyl sites for hydroxylation is 3. The number of alkyl halides is 7. The molecule has 0 spiro atoms. The van der Waals surface area contributed by atoms with Crippen LogP contribution in [0.2, 0.25) is 0 Å². The topological polar surface area (TPSA) is 589 Å². The van der Waals surface area contributed by atoms with Gasteiger partial charge in [0, 0.05) is 24.6 Å². The fourth-order valence-electron chi connectivity index (χ4n) is 17.3. The molecular formula is C83H116F7N16O36P5. The highest BCUT2D eigenvalue weighted by Gasteiger charge is 2.76. The SMILES string of the molecule is C=C1NC(=O)C=CN1[C@@H]1O[C@]2(CF)COP(=O)(OC(C)C)O[C@H]2[C@@]1(C)O.C=C1NC(=O)C=CN1[C@@H]1O[C@]2(CF)COP(=O)(OCOC(=O)OC(C)C)O[C@H]2[C@@]1(C)O.CCOc1nc(C)nc2c1ncn2[C@@H]1O[C@]2(F)CO[P@@](=O)(OC(C)C)O[C@H]2[C@@]1(C)F.CCOc1nc(C)nc2c1ncn2[C@@H]1O[C@]2(F)CO[P@](=O)(OC(C)C)O[C@H]2[C@@]1(C)F.CCOc1nc(C)nc2c1ncn2[C@@H]1O[C@]2(F)CO[P@](=O)(OC(C)C)O[C@H]2[C@@]1(C)O. The number of hydrogen-bond donors (Lipinski definition) is 5. The summed E-state index contributed by atoms with van der Waals surface area (Å²) in [5.74, 6) is -6.76. The third-order valence-corrected chi connectivity index (χ3v) is 31.0. The lowest BCUT2D eigenvalue weighted by molar-refractivity contribution is -0.220. The van der Waals surface area contributed by atoms with Gasteiger partial charge in [-0.05, 0) is 145 Å². The van der Waals surface area contributed by atoms with E-state index in [0.717, 1.165) is 19.9 Å². The van der Waals surface area contributed by atoms with Crippen molar-refractivity contribution in [2.75, 3.05) is 73.0 Å². The number of aliphatic hydroxyl groups is 3. The molecule has 18 heterocycles. The molecule has 6 aromatic heterocycles. The summed E-state index contributed by atoms with van der Waals surface area (Å²) in [6.07, 6.45) is -9.68. The first-order chi connectivity index (χ1) is 68.4. The largest absolute Gasteiger partial charge is 0.510 e. The molecule has 12 aliphatic heterocycles. The van der Waals surface area contributed by atoms with E-state index in [1.807, 2.05) is 0 Å². The maximum absolute atomic E-state index is 15.9. The number of amides is 2. The van der Waals surface area contributed by atoms with Crippen LogP contribution < -0.4 is 24.8 Å². The monoisotopic (exact) mass is 2200 g/mol. The number of carbonyl (C=O) groups excluding carboxylic acids is 3. The molecular weight excluding hydrogens is 2080 g/mol. The number of carbonyl (C=O) groups is 3. The number of phosphoric ester groups is 5. The second-order valence-electron chi connectivity index (χ2n) is 37.4. The van der Waals surface area contributed by atoms with Crippen molar-refractivity contribution in [1.29, 1.82) is 0 Å². The smallest absolute Gasteiger partial charge is 0.476 e. The van der Waals surface area contributed by atoms with E-state index < -0.39 is 259 Å². The van der Waals surface area contributed by atoms with E-state index in [9.17, 15) is 61.3 Å². The zero-order valence-electron chi connectivity index (χ0n) is 83.4. The fraction of sp³-hybridized carbons (Fsp3) is 0.687. The quantitative estimate of drug-likeness (QED) is 0.0154. The summed E-state index contributed by atoms with van der Waals surface area (Å²) in [4.78, 5) is 75.0. The molecule has 2 unspecified atom stereocenters. The van der Waals surface area contributed by atoms with Gasteiger partial charge in [-0.15, -0.1) is 0 Å². The second kappa shape index (κ2) is 42.2. The average Bonchev–Trinajstić information content (AvgIpc) is 1.58. The third kappa shape index (κ3) is 22.7. The predicted octanol–water partition coefficient (Wildman–Crippen LogP) is 11.7. The number of imidazole rings is 3. The Morgan fingerprint density at radius 1 is 0.442 bits per heavy atom. The Morgan fingerprint density at radius 3 is 1.07 bits per heavy atom. The molecule has 12 aliphatic rings. The number of aromatic nitrogens is 12. The minimum Gasteiger partial charge on any atom is -0.476 e. The van der Waals surface area contributed by atoms with Crippen LogP contribution in [-0.2, 0) is 133 Å². The summed E-state index contributed by atoms with van der Waals surface area (Å²) >= 11 is 0. The van der Waals surface area contributed by atoms with Crippen LogP contribution in [-0.4, -0.2) is 305 Å². The van der Waals surface area contributed by atoms with Crippen LogP contribution in [0.5, 0.6) is 17.6 Å². The lowest BCUT2D eigenvalue weighted by atomic mass is 9.88. The summed E-state index contributed by atoms with van der Waals surface area (Å²) in [6.45, 7) is 34.6. The molecule has 10 fully saturated rings. The van der Waals surface area contributed by atoms with E-state index in [2.05, 4.69) is 73.4 Å². The number of nitrogens with zero attached hydrogens (tertiary/aromatic N) is 14. The zero-order valence-corrected chi connectivity index (χ0v) is 87.8. The molecule has 0 saturated carbocycles. The van der Waals surface area contributed by atoms with E-state index in [1.54, 1.807) is 111 Å². The molecule has 0 aliphatic carbocycles. The molecule has 2 amide bonds. The van der Waals surface area contributed by atoms with Crippen molar-refractivity contribution >= 4 is 90.6 Å². The number of fused-ring (bicyclic) bond motifs is 8. The van der Waals surface area contributed by atoms with Crippen LogP contribution in [0.3, 0.4) is 0 Å². The van der Waals surface area contributed by atoms with E-state index in [1.165, 1.54) is 81.7 Å². The van der Waals surface area contributed by atoms with Gasteiger partial charge in [0.1, 0.15) is 91.3 Å². The number of hydrogen-bond acceptors (Lipinski definition) is 47. The van der Waals surface area contributed by atoms with Crippen molar-refractivity contribution < 1.29 is 198 Å². The lowest BCUT2D eigenvalue weighted by Gasteiger charge is -2.41. The maximum atomic E-state index is 15.9. The highest BCUT2D eigenvalue weighted by Crippen LogP contribution is 2.69. The number of rotatable bonds is 25. The molecule has 52 nitrogen and oxygen atoms in total. The Hall–Kier alpha value is -8.44. The minimum absolute atomic E-state index is 0.0721. The molecule has 0 radical (unpaired) electrons. The third-order valence-electron chi connectivity index (χ3n) is 23.3. The van der Waals surface area contributed by atoms with Gasteiger partial charge in [-0.2, -0.15) is 15.0 Å². The average molecular weight is 2200 g/mol. The van der Waals surface area contributed by atoms with Gasteiger partial charge in [0.05, 0.1) is 82.5 Å². The summed E-state index contributed by atoms with van der Waals surface area (Å²) in [6, 6.07) is 0. The highest BCUT2D eigenvalue weighted by atomic mass is 31.2. The van der Waals surface area contributed by atoms with Crippen LogP contribution in [0.25, 0.3) is 33.5 Å². The maximum Gasteiger partial charge on any atom is 0.510 e. The summed E-state index contributed by atoms with van der Waals surface area (Å²) in [5.41, 5.74) is -12.6. The standard InChI is InChI=1S/2C17H23F2N4O6P.C17H24FN4O7P.C17H24FN2O10P.C15H22FN2O7P/c2*1-6-25-13-11-12(21-10(4)22-13)23(8-20-11)15-16(5,18)14-17(19,27-15)7-26-30(24,29-14)28-9(2)3;1-6-25-13-11-12(20-10(4)21-13)22(8-19-11)15-16(5,23)14-17(18,27-15)7-26-30(24,29-14)28-9(2)3;1-10(2)28-15(22)25-9-27-31(24)26-8-17(7-18)13(30-31)16(4,23)14(29-17)20-6-5-12(21)19-11(20)3;1-9(2)24-26(21)22-8-15(7-16)12(25-26)14(4,20)13(23-15)18-6-5-11(19)17-10(18)3/h2*8-9,14-15H,6-7H2,1-5H3;8-9,14-15,23H,6-7H2,1-5H3;5-6,10,13-14,23H,3,7-9H2,1-2,4H3,(H,19,21);5-6,9,12-13,20H,3,7-8H2,1-2,4H3,(H,17,19)/t14-,15+,16+,17+,30+;14-,15+,16+,17+,30-;14-,15+,16+,17+,30+;13-,14+,16+,17+,31?;12-,13+,14+,15+,26?/m00000/s1. The Balaban J connectivity index is 0.000000145. The predicted molar refractivity (Wildman–Crippen MR) is 486 cm³/mol. The van der Waals surface area contributed by atoms with Crippen LogP contribution in [0, 0.1) is 20.8 Å². The van der Waals surface area contributed by atoms with Gasteiger partial charge in [0.2, 0.25) is 24.4 Å². The van der Waals surface area contributed by atoms with Gasteiger partial charge in [0.15, 0.2) is 105 Å². The molecule has 25 atom stereocenters. The van der Waals surface area contributed by atoms with Gasteiger partial charge < -0.3 is 83.1 Å². The van der Waals surface area contributed by atoms with Gasteiger partial charge in [0.25, 0.3) is 29.4 Å². The summed E-state index contributed by atoms with van der Waals surface area (Å²) in [7, 11) is -20.8. The minimum atomic E-state index is -4.37. The van der Waals surface area contributed by atoms with E-state index in [-0.39, 0.29) is 57.3 Å². The van der Waals surface area contributed by atoms with Crippen LogP contribution >= 0.6 is 39.1 Å². The van der Waals surface area contributed by atoms with Crippen LogP contribution in [0.15, 0.2) is 68.3 Å². The molecule has 147 heavy (non-hydrogen) atoms. The lowest BCUT2D eigenvalue weighted by Crippen LogP contribution is -2.58. The second-order valence-corrected chi connectivity index (χ2v) is 45.3. The molecule has 0 bridgehead atoms. The molecule has 818 valence electrons. The molecule has 64 heteroatoms. The summed E-state index contributed by atoms with van der Waals surface area (Å²) < 4.78 is 305. The zero-order chi connectivity index (χ0) is 108. The fourth-order valence-corrected chi connectivity index (χ4v) is 25.4. The highest BCUT2D eigenvalue weighted by molar-refractivity contribution is 7.49. The van der Waals surface area contributed by atoms with Gasteiger partial charge in [-0.1, -0.05) is 13.2 Å². The summed E-state index contributed by atoms with van der Waals surface area (Å²) in [5, 5.41) is 38.3. The van der Waals surface area contributed by atoms with Crippen molar-refractivity contribution in [1.82, 2.24) is 79.0 Å². The molecule has 10 saturated heterocycles. The van der Waals surface area contributed by atoms with Gasteiger partial charge in [-0.25, -0.2) is 92.8 Å². The molecule has 6 aromatic rings. The van der Waals surface area contributed by atoms with E-state index in [0.29, 0.717) is 42.8 Å². The Bertz CT molecular complexity index is 5890. The van der Waals surface area contributed by atoms with Crippen molar-refractivity contribution in [3.63, 3.8) is 0 Å². The molecule has 18 rings (SSSR count). The first-order valence-electron chi connectivity index (χ1n) is 45.9. The number of halogens is 7. The Kier molecular flexibility index (Phi) is 32.8. The van der Waals surface area contributed by atoms with Crippen LogP contribution in [0.4, 0.5) is 35.5 Å². The number of ether oxygens (including phenoxy) is 10. The van der Waals surface area contributed by atoms with Gasteiger partial charge >= 0.3 is 45.3 Å². The van der Waals surface area contributed by atoms with Crippen molar-refractivity contribution in [3.05, 3.63) is 85.8 Å². The molecule has 0 aromatic carbocycles. The van der Waals surface area contributed by atoms with Crippen molar-refractivity contribution in [2.24, 2.45) is 0 Å². The first-order valence-corrected chi connectivity index (χ1v) is 53.2. The molecule has 5 N–H and O–H groups in total. The Labute approximate surface area is 835 Å². The Morgan fingerprint density at radius 2 is 0.741 bits per heavy atom. The van der Waals surface area contributed by atoms with Crippen molar-refractivity contribution in [2.45, 2.75) is 294 Å². The van der Waals surface area contributed by atoms with Gasteiger partial charge in [-0.3, -0.25) is 86.6 Å². The van der Waals surface area contributed by atoms with E-state index >= 15 is 22.0 Å². The van der Waals surface area contributed by atoms with E-state index in [4.69, 9.17) is 110 Å². The van der Waals surface area contributed by atoms with Crippen molar-refractivity contribution in [3.8, 4) is 17.6 Å². The number of phosphoric acid groups is 5. The first kappa shape index (κ1) is 114.